The lowest BCUT2D eigenvalue weighted by Gasteiger charge is -2.33. The number of para-hydroxylation sites is 1. The first-order chi connectivity index (χ1) is 10.6. The van der Waals surface area contributed by atoms with Gasteiger partial charge in [-0.3, -0.25) is 0 Å². The molecule has 6 heteroatoms. The summed E-state index contributed by atoms with van der Waals surface area (Å²) in [7, 11) is -1.78. The van der Waals surface area contributed by atoms with E-state index in [0.29, 0.717) is 13.0 Å². The highest BCUT2D eigenvalue weighted by molar-refractivity contribution is 7.87. The van der Waals surface area contributed by atoms with Crippen LogP contribution in [0.1, 0.15) is 50.1 Å². The minimum absolute atomic E-state index is 0.126. The molecule has 0 spiro atoms. The van der Waals surface area contributed by atoms with Gasteiger partial charge in [0.15, 0.2) is 0 Å². The second-order valence-electron chi connectivity index (χ2n) is 6.16. The minimum Gasteiger partial charge on any atom is -0.493 e. The fraction of sp³-hybridized carbons (Fsp3) is 0.625. The number of benzene rings is 1. The van der Waals surface area contributed by atoms with Crippen LogP contribution < -0.4 is 9.46 Å². The molecule has 1 atom stereocenters. The molecule has 3 rings (SSSR count). The van der Waals surface area contributed by atoms with Gasteiger partial charge in [-0.15, -0.1) is 0 Å². The second kappa shape index (κ2) is 6.56. The maximum atomic E-state index is 12.7. The fourth-order valence-electron chi connectivity index (χ4n) is 3.37. The number of nitrogens with zero attached hydrogens (tertiary/aromatic N) is 1. The van der Waals surface area contributed by atoms with Crippen LogP contribution in [-0.4, -0.2) is 32.4 Å². The van der Waals surface area contributed by atoms with Crippen LogP contribution in [0.15, 0.2) is 24.3 Å². The summed E-state index contributed by atoms with van der Waals surface area (Å²) in [6, 6.07) is 7.56. The molecule has 1 aromatic carbocycles. The van der Waals surface area contributed by atoms with E-state index in [1.807, 2.05) is 24.3 Å². The maximum Gasteiger partial charge on any atom is 0.280 e. The Kier molecular flexibility index (Phi) is 4.70. The lowest BCUT2D eigenvalue weighted by atomic mass is 9.96. The molecule has 0 bridgehead atoms. The number of nitrogens with one attached hydrogen (secondary N) is 1. The van der Waals surface area contributed by atoms with Crippen molar-refractivity contribution in [3.8, 4) is 5.75 Å². The van der Waals surface area contributed by atoms with Crippen LogP contribution in [0.5, 0.6) is 5.75 Å². The number of ether oxygens (including phenoxy) is 1. The molecule has 1 aliphatic heterocycles. The van der Waals surface area contributed by atoms with E-state index in [1.165, 1.54) is 10.7 Å². The standard InChI is InChI=1S/C16H24N2O3S/c1-18(13-7-3-2-4-8-13)22(19,20)17-15-11-12-21-16-10-6-5-9-14(15)16/h5-6,9-10,13,15,17H,2-4,7-8,11-12H2,1H3/t15-/m0/s1. The quantitative estimate of drug-likeness (QED) is 0.926. The number of hydrogen-bond acceptors (Lipinski definition) is 3. The van der Waals surface area contributed by atoms with Gasteiger partial charge in [0, 0.05) is 25.1 Å². The summed E-state index contributed by atoms with van der Waals surface area (Å²) in [4.78, 5) is 0. The van der Waals surface area contributed by atoms with Gasteiger partial charge in [0.2, 0.25) is 0 Å². The van der Waals surface area contributed by atoms with Gasteiger partial charge in [0.1, 0.15) is 5.75 Å². The summed E-state index contributed by atoms with van der Waals surface area (Å²) >= 11 is 0. The van der Waals surface area contributed by atoms with Crippen molar-refractivity contribution < 1.29 is 13.2 Å². The van der Waals surface area contributed by atoms with Crippen molar-refractivity contribution in [2.75, 3.05) is 13.7 Å². The van der Waals surface area contributed by atoms with Crippen molar-refractivity contribution in [1.29, 1.82) is 0 Å². The number of fused-ring (bicyclic) bond motifs is 1. The van der Waals surface area contributed by atoms with Crippen LogP contribution in [0.25, 0.3) is 0 Å². The van der Waals surface area contributed by atoms with Gasteiger partial charge in [-0.1, -0.05) is 37.5 Å². The molecule has 1 aromatic rings. The first-order valence-corrected chi connectivity index (χ1v) is 9.49. The van der Waals surface area contributed by atoms with Gasteiger partial charge in [-0.25, -0.2) is 0 Å². The Hall–Kier alpha value is -1.11. The summed E-state index contributed by atoms with van der Waals surface area (Å²) in [5.74, 6) is 0.779. The van der Waals surface area contributed by atoms with Crippen LogP contribution in [0.3, 0.4) is 0 Å². The Labute approximate surface area is 132 Å². The Morgan fingerprint density at radius 2 is 1.86 bits per heavy atom. The van der Waals surface area contributed by atoms with Crippen molar-refractivity contribution >= 4 is 10.2 Å². The number of hydrogen-bond donors (Lipinski definition) is 1. The summed E-state index contributed by atoms with van der Waals surface area (Å²) in [5, 5.41) is 0. The zero-order chi connectivity index (χ0) is 15.6. The van der Waals surface area contributed by atoms with Crippen molar-refractivity contribution in [2.45, 2.75) is 50.6 Å². The molecule has 1 fully saturated rings. The van der Waals surface area contributed by atoms with E-state index in [2.05, 4.69) is 4.72 Å². The normalized spacial score (nSPS) is 23.1. The van der Waals surface area contributed by atoms with Gasteiger partial charge < -0.3 is 4.74 Å². The predicted octanol–water partition coefficient (Wildman–Crippen LogP) is 2.61. The van der Waals surface area contributed by atoms with Gasteiger partial charge >= 0.3 is 0 Å². The molecule has 1 aliphatic carbocycles. The van der Waals surface area contributed by atoms with Gasteiger partial charge in [-0.05, 0) is 18.9 Å². The summed E-state index contributed by atoms with van der Waals surface area (Å²) in [5.41, 5.74) is 0.925. The zero-order valence-electron chi connectivity index (χ0n) is 13.0. The van der Waals surface area contributed by atoms with Crippen molar-refractivity contribution in [1.82, 2.24) is 9.03 Å². The van der Waals surface area contributed by atoms with Crippen LogP contribution in [0.4, 0.5) is 0 Å². The van der Waals surface area contributed by atoms with Crippen LogP contribution in [0.2, 0.25) is 0 Å². The van der Waals surface area contributed by atoms with Crippen molar-refractivity contribution in [2.24, 2.45) is 0 Å². The molecule has 1 saturated carbocycles. The van der Waals surface area contributed by atoms with E-state index in [0.717, 1.165) is 37.0 Å². The third-order valence-electron chi connectivity index (χ3n) is 4.72. The zero-order valence-corrected chi connectivity index (χ0v) is 13.8. The average Bonchev–Trinajstić information content (AvgIpc) is 2.55. The number of rotatable bonds is 4. The molecule has 2 aliphatic rings. The van der Waals surface area contributed by atoms with Crippen molar-refractivity contribution in [3.63, 3.8) is 0 Å². The highest BCUT2D eigenvalue weighted by Gasteiger charge is 2.31. The van der Waals surface area contributed by atoms with Crippen molar-refractivity contribution in [3.05, 3.63) is 29.8 Å². The highest BCUT2D eigenvalue weighted by Crippen LogP contribution is 2.32. The summed E-state index contributed by atoms with van der Waals surface area (Å²) in [6.45, 7) is 0.539. The molecule has 122 valence electrons. The topological polar surface area (TPSA) is 58.6 Å². The van der Waals surface area contributed by atoms with E-state index in [1.54, 1.807) is 7.05 Å². The molecule has 1 heterocycles. The Bertz CT molecular complexity index is 612. The van der Waals surface area contributed by atoms with E-state index in [9.17, 15) is 8.42 Å². The first kappa shape index (κ1) is 15.8. The Morgan fingerprint density at radius 3 is 2.64 bits per heavy atom. The van der Waals surface area contributed by atoms with E-state index in [4.69, 9.17) is 4.74 Å². The Balaban J connectivity index is 1.74. The molecular weight excluding hydrogens is 300 g/mol. The lowest BCUT2D eigenvalue weighted by Crippen LogP contribution is -2.46. The fourth-order valence-corrected chi connectivity index (χ4v) is 4.74. The molecule has 5 nitrogen and oxygen atoms in total. The molecule has 22 heavy (non-hydrogen) atoms. The molecule has 0 aromatic heterocycles. The van der Waals surface area contributed by atoms with E-state index < -0.39 is 10.2 Å². The van der Waals surface area contributed by atoms with Gasteiger partial charge in [-0.2, -0.15) is 17.4 Å². The second-order valence-corrected chi connectivity index (χ2v) is 7.92. The molecule has 0 unspecified atom stereocenters. The summed E-state index contributed by atoms with van der Waals surface area (Å²) < 4.78 is 35.4. The van der Waals surface area contributed by atoms with E-state index >= 15 is 0 Å². The maximum absolute atomic E-state index is 12.7. The minimum atomic E-state index is -3.47. The Morgan fingerprint density at radius 1 is 1.14 bits per heavy atom. The highest BCUT2D eigenvalue weighted by atomic mass is 32.2. The molecule has 0 saturated heterocycles. The first-order valence-electron chi connectivity index (χ1n) is 8.05. The third-order valence-corrected chi connectivity index (χ3v) is 6.36. The van der Waals surface area contributed by atoms with Crippen LogP contribution in [0, 0.1) is 0 Å². The molecule has 0 radical (unpaired) electrons. The summed E-state index contributed by atoms with van der Waals surface area (Å²) in [6.07, 6.45) is 6.03. The lowest BCUT2D eigenvalue weighted by molar-refractivity contribution is 0.255. The van der Waals surface area contributed by atoms with Gasteiger partial charge in [0.05, 0.1) is 12.6 Å². The molecule has 0 amide bonds. The molecular formula is C16H24N2O3S. The SMILES string of the molecule is CN(C1CCCCC1)S(=O)(=O)N[C@H]1CCOc2ccccc21. The monoisotopic (exact) mass is 324 g/mol. The predicted molar refractivity (Wildman–Crippen MR) is 86.0 cm³/mol. The van der Waals surface area contributed by atoms with E-state index in [-0.39, 0.29) is 12.1 Å². The van der Waals surface area contributed by atoms with Crippen LogP contribution in [-0.2, 0) is 10.2 Å². The average molecular weight is 324 g/mol. The van der Waals surface area contributed by atoms with Gasteiger partial charge in [0.25, 0.3) is 10.2 Å². The molecule has 1 N–H and O–H groups in total. The third kappa shape index (κ3) is 3.29. The smallest absolute Gasteiger partial charge is 0.280 e. The largest absolute Gasteiger partial charge is 0.493 e. The van der Waals surface area contributed by atoms with Crippen LogP contribution >= 0.6 is 0 Å².